The van der Waals surface area contributed by atoms with E-state index < -0.39 is 0 Å². The molecule has 0 unspecified atom stereocenters. The van der Waals surface area contributed by atoms with Gasteiger partial charge in [0.25, 0.3) is 0 Å². The molecular weight excluding hydrogens is 354 g/mol. The number of rotatable bonds is 8. The molecule has 0 radical (unpaired) electrons. The van der Waals surface area contributed by atoms with Gasteiger partial charge in [0, 0.05) is 28.8 Å². The van der Waals surface area contributed by atoms with Gasteiger partial charge in [-0.15, -0.1) is 11.8 Å². The summed E-state index contributed by atoms with van der Waals surface area (Å²) in [5.41, 5.74) is 1.96. The quantitative estimate of drug-likeness (QED) is 0.284. The molecule has 0 atom stereocenters. The Hall–Kier alpha value is -1.69. The molecule has 0 amide bonds. The smallest absolute Gasteiger partial charge is 0.191 e. The van der Waals surface area contributed by atoms with Crippen LogP contribution in [-0.2, 0) is 13.2 Å². The van der Waals surface area contributed by atoms with Crippen LogP contribution in [0.15, 0.2) is 58.4 Å². The Morgan fingerprint density at radius 2 is 1.80 bits per heavy atom. The third-order valence-corrected chi connectivity index (χ3v) is 4.78. The van der Waals surface area contributed by atoms with E-state index >= 15 is 0 Å². The fourth-order valence-electron chi connectivity index (χ4n) is 2.24. The topological polar surface area (TPSA) is 56.7 Å². The number of thioether (sulfide) groups is 1. The van der Waals surface area contributed by atoms with Gasteiger partial charge in [0.05, 0.1) is 13.2 Å². The van der Waals surface area contributed by atoms with Crippen molar-refractivity contribution in [2.24, 2.45) is 4.99 Å². The Bertz CT molecular complexity index is 677. The Morgan fingerprint density at radius 1 is 1.08 bits per heavy atom. The molecule has 0 spiro atoms. The number of hydrogen-bond acceptors (Lipinski definition) is 3. The maximum Gasteiger partial charge on any atom is 0.191 e. The van der Waals surface area contributed by atoms with Crippen molar-refractivity contribution >= 4 is 29.3 Å². The van der Waals surface area contributed by atoms with Crippen molar-refractivity contribution in [3.8, 4) is 0 Å². The van der Waals surface area contributed by atoms with Gasteiger partial charge in [-0.1, -0.05) is 35.9 Å². The number of aliphatic hydroxyl groups excluding tert-OH is 1. The summed E-state index contributed by atoms with van der Waals surface area (Å²) >= 11 is 7.67. The second-order valence-corrected chi connectivity index (χ2v) is 6.96. The molecule has 134 valence electrons. The predicted octanol–water partition coefficient (Wildman–Crippen LogP) is 3.68. The molecule has 0 fully saturated rings. The summed E-state index contributed by atoms with van der Waals surface area (Å²) in [6.45, 7) is 4.23. The Balaban J connectivity index is 1.84. The van der Waals surface area contributed by atoms with Crippen molar-refractivity contribution in [1.82, 2.24) is 10.6 Å². The zero-order valence-electron chi connectivity index (χ0n) is 14.3. The van der Waals surface area contributed by atoms with Gasteiger partial charge >= 0.3 is 0 Å². The minimum Gasteiger partial charge on any atom is -0.392 e. The molecule has 3 N–H and O–H groups in total. The third kappa shape index (κ3) is 6.98. The van der Waals surface area contributed by atoms with E-state index in [2.05, 4.69) is 15.6 Å². The van der Waals surface area contributed by atoms with Crippen LogP contribution in [0.1, 0.15) is 18.1 Å². The fourth-order valence-corrected chi connectivity index (χ4v) is 3.14. The molecule has 6 heteroatoms. The van der Waals surface area contributed by atoms with Crippen LogP contribution in [0.5, 0.6) is 0 Å². The van der Waals surface area contributed by atoms with Crippen molar-refractivity contribution in [2.75, 3.05) is 18.8 Å². The van der Waals surface area contributed by atoms with Gasteiger partial charge in [-0.3, -0.25) is 0 Å². The SMILES string of the molecule is CCNC(=NCc1ccccc1CO)NCCSc1ccc(Cl)cc1. The van der Waals surface area contributed by atoms with Crippen LogP contribution < -0.4 is 10.6 Å². The molecule has 25 heavy (non-hydrogen) atoms. The maximum atomic E-state index is 9.39. The molecule has 0 aliphatic rings. The average Bonchev–Trinajstić information content (AvgIpc) is 2.64. The number of guanidine groups is 1. The molecule has 4 nitrogen and oxygen atoms in total. The minimum atomic E-state index is 0.0351. The molecule has 2 aromatic carbocycles. The second kappa shape index (κ2) is 11.0. The standard InChI is InChI=1S/C19H24ClN3OS/c1-2-21-19(23-13-15-5-3-4-6-16(15)14-24)22-11-12-25-18-9-7-17(20)8-10-18/h3-10,24H,2,11-14H2,1H3,(H2,21,22,23). The summed E-state index contributed by atoms with van der Waals surface area (Å²) in [6, 6.07) is 15.7. The van der Waals surface area contributed by atoms with Crippen LogP contribution in [0.4, 0.5) is 0 Å². The lowest BCUT2D eigenvalue weighted by Crippen LogP contribution is -2.38. The van der Waals surface area contributed by atoms with Crippen LogP contribution in [0.25, 0.3) is 0 Å². The number of aliphatic imine (C=N–C) groups is 1. The van der Waals surface area contributed by atoms with Gasteiger partial charge in [0.15, 0.2) is 5.96 Å². The van der Waals surface area contributed by atoms with Gasteiger partial charge in [-0.2, -0.15) is 0 Å². The van der Waals surface area contributed by atoms with Gasteiger partial charge in [0.2, 0.25) is 0 Å². The van der Waals surface area contributed by atoms with Gasteiger partial charge in [-0.05, 0) is 42.3 Å². The normalized spacial score (nSPS) is 11.4. The number of nitrogens with zero attached hydrogens (tertiary/aromatic N) is 1. The first-order chi connectivity index (χ1) is 12.2. The largest absolute Gasteiger partial charge is 0.392 e. The van der Waals surface area contributed by atoms with E-state index in [9.17, 15) is 5.11 Å². The molecule has 0 aromatic heterocycles. The highest BCUT2D eigenvalue weighted by Gasteiger charge is 2.02. The molecule has 0 saturated carbocycles. The van der Waals surface area contributed by atoms with E-state index in [4.69, 9.17) is 11.6 Å². The monoisotopic (exact) mass is 377 g/mol. The highest BCUT2D eigenvalue weighted by atomic mass is 35.5. The number of halogens is 1. The number of benzene rings is 2. The van der Waals surface area contributed by atoms with Crippen LogP contribution in [0, 0.1) is 0 Å². The summed E-state index contributed by atoms with van der Waals surface area (Å²) in [7, 11) is 0. The van der Waals surface area contributed by atoms with E-state index in [0.29, 0.717) is 6.54 Å². The lowest BCUT2D eigenvalue weighted by atomic mass is 10.1. The highest BCUT2D eigenvalue weighted by Crippen LogP contribution is 2.19. The summed E-state index contributed by atoms with van der Waals surface area (Å²) < 4.78 is 0. The summed E-state index contributed by atoms with van der Waals surface area (Å²) in [5, 5.41) is 16.7. The van der Waals surface area contributed by atoms with Crippen LogP contribution in [-0.4, -0.2) is 29.9 Å². The van der Waals surface area contributed by atoms with Gasteiger partial charge in [0.1, 0.15) is 0 Å². The second-order valence-electron chi connectivity index (χ2n) is 5.35. The lowest BCUT2D eigenvalue weighted by molar-refractivity contribution is 0.280. The van der Waals surface area contributed by atoms with Crippen LogP contribution >= 0.6 is 23.4 Å². The zero-order chi connectivity index (χ0) is 17.9. The summed E-state index contributed by atoms with van der Waals surface area (Å²) in [6.07, 6.45) is 0. The van der Waals surface area contributed by atoms with E-state index in [-0.39, 0.29) is 6.61 Å². The van der Waals surface area contributed by atoms with E-state index in [1.165, 1.54) is 4.90 Å². The first-order valence-corrected chi connectivity index (χ1v) is 9.67. The Morgan fingerprint density at radius 3 is 2.48 bits per heavy atom. The molecule has 2 aromatic rings. The van der Waals surface area contributed by atoms with Crippen molar-refractivity contribution < 1.29 is 5.11 Å². The molecule has 0 bridgehead atoms. The van der Waals surface area contributed by atoms with Crippen LogP contribution in [0.3, 0.4) is 0 Å². The Labute approximate surface area is 158 Å². The highest BCUT2D eigenvalue weighted by molar-refractivity contribution is 7.99. The summed E-state index contributed by atoms with van der Waals surface area (Å²) in [4.78, 5) is 5.80. The van der Waals surface area contributed by atoms with Crippen molar-refractivity contribution in [3.05, 3.63) is 64.7 Å². The molecule has 2 rings (SSSR count). The third-order valence-electron chi connectivity index (χ3n) is 3.52. The van der Waals surface area contributed by atoms with Crippen molar-refractivity contribution in [3.63, 3.8) is 0 Å². The first-order valence-electron chi connectivity index (χ1n) is 8.31. The van der Waals surface area contributed by atoms with E-state index in [1.807, 2.05) is 55.5 Å². The maximum absolute atomic E-state index is 9.39. The Kier molecular flexibility index (Phi) is 8.66. The molecule has 0 aliphatic carbocycles. The molecule has 0 heterocycles. The first kappa shape index (κ1) is 19.6. The zero-order valence-corrected chi connectivity index (χ0v) is 15.9. The molecule has 0 aliphatic heterocycles. The van der Waals surface area contributed by atoms with E-state index in [0.717, 1.165) is 41.0 Å². The minimum absolute atomic E-state index is 0.0351. The molecular formula is C19H24ClN3OS. The average molecular weight is 378 g/mol. The summed E-state index contributed by atoms with van der Waals surface area (Å²) in [5.74, 6) is 1.71. The predicted molar refractivity (Wildman–Crippen MR) is 107 cm³/mol. The van der Waals surface area contributed by atoms with Crippen molar-refractivity contribution in [2.45, 2.75) is 25.0 Å². The number of aliphatic hydroxyl groups is 1. The number of hydrogen-bond donors (Lipinski definition) is 3. The van der Waals surface area contributed by atoms with Crippen LogP contribution in [0.2, 0.25) is 5.02 Å². The van der Waals surface area contributed by atoms with Crippen molar-refractivity contribution in [1.29, 1.82) is 0 Å². The fraction of sp³-hybridized carbons (Fsp3) is 0.316. The van der Waals surface area contributed by atoms with Gasteiger partial charge < -0.3 is 15.7 Å². The number of nitrogens with one attached hydrogen (secondary N) is 2. The van der Waals surface area contributed by atoms with E-state index in [1.54, 1.807) is 11.8 Å². The van der Waals surface area contributed by atoms with Gasteiger partial charge in [-0.25, -0.2) is 4.99 Å². The molecule has 0 saturated heterocycles. The lowest BCUT2D eigenvalue weighted by Gasteiger charge is -2.12.